The van der Waals surface area contributed by atoms with Gasteiger partial charge >= 0.3 is 0 Å². The van der Waals surface area contributed by atoms with Crippen molar-refractivity contribution in [1.29, 1.82) is 0 Å². The lowest BCUT2D eigenvalue weighted by atomic mass is 10.1. The van der Waals surface area contributed by atoms with Crippen LogP contribution >= 0.6 is 0 Å². The fourth-order valence-electron chi connectivity index (χ4n) is 2.41. The number of benzene rings is 2. The molecular formula is C20H18FN3O. The molecule has 5 heteroatoms. The van der Waals surface area contributed by atoms with Gasteiger partial charge in [-0.25, -0.2) is 9.07 Å². The normalized spacial score (nSPS) is 12.2. The van der Waals surface area contributed by atoms with Crippen LogP contribution in [0.2, 0.25) is 0 Å². The third-order valence-electron chi connectivity index (χ3n) is 3.78. The zero-order valence-corrected chi connectivity index (χ0v) is 13.8. The molecule has 0 spiro atoms. The van der Waals surface area contributed by atoms with Crippen LogP contribution in [0.1, 0.15) is 24.1 Å². The summed E-state index contributed by atoms with van der Waals surface area (Å²) in [6.45, 7) is 1.85. The fourth-order valence-corrected chi connectivity index (χ4v) is 2.41. The van der Waals surface area contributed by atoms with Crippen molar-refractivity contribution in [3.05, 3.63) is 90.0 Å². The highest BCUT2D eigenvalue weighted by atomic mass is 19.1. The van der Waals surface area contributed by atoms with Gasteiger partial charge in [0.25, 0.3) is 0 Å². The number of carbonyl (C=O) groups is 1. The molecule has 0 unspecified atom stereocenters. The molecule has 2 aromatic carbocycles. The van der Waals surface area contributed by atoms with Crippen LogP contribution < -0.4 is 5.32 Å². The highest BCUT2D eigenvalue weighted by Crippen LogP contribution is 2.13. The topological polar surface area (TPSA) is 46.9 Å². The molecular weight excluding hydrogens is 317 g/mol. The first-order chi connectivity index (χ1) is 12.1. The smallest absolute Gasteiger partial charge is 0.244 e. The van der Waals surface area contributed by atoms with Gasteiger partial charge in [-0.1, -0.05) is 30.3 Å². The lowest BCUT2D eigenvalue weighted by Crippen LogP contribution is -2.24. The second-order valence-corrected chi connectivity index (χ2v) is 5.67. The van der Waals surface area contributed by atoms with Crippen molar-refractivity contribution >= 4 is 12.0 Å². The molecule has 1 N–H and O–H groups in total. The first-order valence-corrected chi connectivity index (χ1v) is 7.96. The van der Waals surface area contributed by atoms with Gasteiger partial charge in [-0.05, 0) is 42.8 Å². The van der Waals surface area contributed by atoms with Crippen LogP contribution in [-0.2, 0) is 4.79 Å². The number of carbonyl (C=O) groups excluding carboxylic acids is 1. The van der Waals surface area contributed by atoms with Crippen LogP contribution in [0.15, 0.2) is 73.1 Å². The van der Waals surface area contributed by atoms with Gasteiger partial charge < -0.3 is 5.32 Å². The maximum Gasteiger partial charge on any atom is 0.244 e. The van der Waals surface area contributed by atoms with E-state index in [-0.39, 0.29) is 17.8 Å². The first-order valence-electron chi connectivity index (χ1n) is 7.96. The van der Waals surface area contributed by atoms with Crippen LogP contribution in [-0.4, -0.2) is 15.7 Å². The maximum atomic E-state index is 12.9. The molecule has 0 fully saturated rings. The summed E-state index contributed by atoms with van der Waals surface area (Å²) < 4.78 is 14.7. The zero-order chi connectivity index (χ0) is 17.6. The lowest BCUT2D eigenvalue weighted by molar-refractivity contribution is -0.117. The molecule has 3 rings (SSSR count). The summed E-state index contributed by atoms with van der Waals surface area (Å²) in [4.78, 5) is 12.0. The summed E-state index contributed by atoms with van der Waals surface area (Å²) in [6, 6.07) is 15.6. The fraction of sp³-hybridized carbons (Fsp3) is 0.100. The highest BCUT2D eigenvalue weighted by Gasteiger charge is 2.07. The summed E-state index contributed by atoms with van der Waals surface area (Å²) in [5.74, 6) is -0.512. The number of rotatable bonds is 5. The van der Waals surface area contributed by atoms with Gasteiger partial charge in [0.05, 0.1) is 17.9 Å². The molecule has 0 saturated carbocycles. The number of aromatic nitrogens is 2. The molecule has 25 heavy (non-hydrogen) atoms. The quantitative estimate of drug-likeness (QED) is 0.719. The Morgan fingerprint density at radius 1 is 1.16 bits per heavy atom. The van der Waals surface area contributed by atoms with Crippen molar-refractivity contribution in [3.63, 3.8) is 0 Å². The van der Waals surface area contributed by atoms with Crippen LogP contribution in [0.5, 0.6) is 0 Å². The van der Waals surface area contributed by atoms with E-state index in [9.17, 15) is 9.18 Å². The summed E-state index contributed by atoms with van der Waals surface area (Å²) in [5, 5.41) is 7.13. The van der Waals surface area contributed by atoms with E-state index in [4.69, 9.17) is 0 Å². The van der Waals surface area contributed by atoms with Gasteiger partial charge in [-0.2, -0.15) is 5.10 Å². The summed E-state index contributed by atoms with van der Waals surface area (Å²) in [7, 11) is 0. The van der Waals surface area contributed by atoms with Crippen molar-refractivity contribution < 1.29 is 9.18 Å². The summed E-state index contributed by atoms with van der Waals surface area (Å²) in [6.07, 6.45) is 6.72. The van der Waals surface area contributed by atoms with E-state index in [0.29, 0.717) is 0 Å². The second-order valence-electron chi connectivity index (χ2n) is 5.67. The van der Waals surface area contributed by atoms with Crippen LogP contribution in [0, 0.1) is 5.82 Å². The molecule has 0 aliphatic heterocycles. The Morgan fingerprint density at radius 3 is 2.60 bits per heavy atom. The number of nitrogens with one attached hydrogen (secondary N) is 1. The summed E-state index contributed by atoms with van der Waals surface area (Å²) in [5.41, 5.74) is 2.63. The van der Waals surface area contributed by atoms with Gasteiger partial charge in [0.2, 0.25) is 5.91 Å². The van der Waals surface area contributed by atoms with Crippen LogP contribution in [0.3, 0.4) is 0 Å². The predicted molar refractivity (Wildman–Crippen MR) is 95.6 cm³/mol. The molecule has 1 amide bonds. The largest absolute Gasteiger partial charge is 0.346 e. The SMILES string of the molecule is C[C@H](NC(=O)/C=C\c1cnn(-c2ccccc2)c1)c1ccc(F)cc1. The van der Waals surface area contributed by atoms with E-state index in [1.54, 1.807) is 29.1 Å². The van der Waals surface area contributed by atoms with Gasteiger partial charge in [-0.3, -0.25) is 4.79 Å². The third-order valence-corrected chi connectivity index (χ3v) is 3.78. The van der Waals surface area contributed by atoms with E-state index >= 15 is 0 Å². The molecule has 1 heterocycles. The summed E-state index contributed by atoms with van der Waals surface area (Å²) >= 11 is 0. The molecule has 4 nitrogen and oxygen atoms in total. The van der Waals surface area contributed by atoms with Crippen LogP contribution in [0.25, 0.3) is 11.8 Å². The van der Waals surface area contributed by atoms with E-state index in [2.05, 4.69) is 10.4 Å². The average molecular weight is 335 g/mol. The Kier molecular flexibility index (Phi) is 5.04. The molecule has 3 aromatic rings. The number of amides is 1. The Labute approximate surface area is 145 Å². The van der Waals surface area contributed by atoms with E-state index in [1.807, 2.05) is 43.5 Å². The predicted octanol–water partition coefficient (Wildman–Crippen LogP) is 3.90. The number of hydrogen-bond acceptors (Lipinski definition) is 2. The molecule has 0 saturated heterocycles. The number of para-hydroxylation sites is 1. The van der Waals surface area contributed by atoms with E-state index in [1.165, 1.54) is 18.2 Å². The Balaban J connectivity index is 1.61. The molecule has 1 atom stereocenters. The van der Waals surface area contributed by atoms with Crippen LogP contribution in [0.4, 0.5) is 4.39 Å². The maximum absolute atomic E-state index is 12.9. The van der Waals surface area contributed by atoms with Crippen molar-refractivity contribution in [2.24, 2.45) is 0 Å². The van der Waals surface area contributed by atoms with Gasteiger partial charge in [0, 0.05) is 17.8 Å². The zero-order valence-electron chi connectivity index (χ0n) is 13.8. The van der Waals surface area contributed by atoms with Gasteiger partial charge in [-0.15, -0.1) is 0 Å². The Bertz CT molecular complexity index is 869. The van der Waals surface area contributed by atoms with Crippen molar-refractivity contribution in [3.8, 4) is 5.69 Å². The molecule has 1 aromatic heterocycles. The third kappa shape index (κ3) is 4.41. The van der Waals surface area contributed by atoms with Gasteiger partial charge in [0.1, 0.15) is 5.82 Å². The van der Waals surface area contributed by atoms with Crippen molar-refractivity contribution in [1.82, 2.24) is 15.1 Å². The molecule has 126 valence electrons. The molecule has 0 aliphatic carbocycles. The van der Waals surface area contributed by atoms with E-state index < -0.39 is 0 Å². The highest BCUT2D eigenvalue weighted by molar-refractivity contribution is 5.91. The van der Waals surface area contributed by atoms with E-state index in [0.717, 1.165) is 16.8 Å². The standard InChI is InChI=1S/C20H18FN3O/c1-15(17-8-10-18(21)11-9-17)23-20(25)12-7-16-13-22-24(14-16)19-5-3-2-4-6-19/h2-15H,1H3,(H,23,25)/b12-7-/t15-/m0/s1. The first kappa shape index (κ1) is 16.6. The molecule has 0 radical (unpaired) electrons. The molecule has 0 aliphatic rings. The number of hydrogen-bond donors (Lipinski definition) is 1. The Morgan fingerprint density at radius 2 is 1.88 bits per heavy atom. The minimum absolute atomic E-state index is 0.204. The van der Waals surface area contributed by atoms with Crippen molar-refractivity contribution in [2.75, 3.05) is 0 Å². The Hall–Kier alpha value is -3.21. The minimum Gasteiger partial charge on any atom is -0.346 e. The minimum atomic E-state index is -0.294. The average Bonchev–Trinajstić information content (AvgIpc) is 3.10. The lowest BCUT2D eigenvalue weighted by Gasteiger charge is -2.12. The monoisotopic (exact) mass is 335 g/mol. The second kappa shape index (κ2) is 7.57. The van der Waals surface area contributed by atoms with Gasteiger partial charge in [0.15, 0.2) is 0 Å². The number of nitrogens with zero attached hydrogens (tertiary/aromatic N) is 2. The molecule has 0 bridgehead atoms. The van der Waals surface area contributed by atoms with Crippen molar-refractivity contribution in [2.45, 2.75) is 13.0 Å². The number of halogens is 1.